The van der Waals surface area contributed by atoms with Crippen molar-refractivity contribution in [3.05, 3.63) is 65.5 Å². The third-order valence-corrected chi connectivity index (χ3v) is 9.65. The van der Waals surface area contributed by atoms with Crippen LogP contribution in [0.5, 0.6) is 0 Å². The van der Waals surface area contributed by atoms with Crippen LogP contribution < -0.4 is 5.32 Å². The van der Waals surface area contributed by atoms with Gasteiger partial charge in [-0.25, -0.2) is 8.42 Å². The number of hydrogen-bond donors (Lipinski definition) is 1. The van der Waals surface area contributed by atoms with Gasteiger partial charge >= 0.3 is 0 Å². The molecule has 0 aliphatic carbocycles. The fourth-order valence-corrected chi connectivity index (χ4v) is 7.25. The van der Waals surface area contributed by atoms with E-state index < -0.39 is 19.9 Å². The Bertz CT molecular complexity index is 1470. The predicted octanol–water partition coefficient (Wildman–Crippen LogP) is 3.15. The van der Waals surface area contributed by atoms with Crippen molar-refractivity contribution in [2.45, 2.75) is 16.3 Å². The highest BCUT2D eigenvalue weighted by Gasteiger charge is 2.28. The number of sulfonamides is 1. The average Bonchev–Trinajstić information content (AvgIpc) is 3.35. The normalized spacial score (nSPS) is 18.5. The molecule has 1 aromatic heterocycles. The zero-order valence-electron chi connectivity index (χ0n) is 19.2. The molecule has 5 rings (SSSR count). The van der Waals surface area contributed by atoms with Gasteiger partial charge in [0.2, 0.25) is 0 Å². The third kappa shape index (κ3) is 5.34. The molecule has 0 saturated carbocycles. The lowest BCUT2D eigenvalue weighted by Gasteiger charge is -2.35. The van der Waals surface area contributed by atoms with Crippen molar-refractivity contribution in [2.75, 3.05) is 44.3 Å². The molecule has 0 spiro atoms. The van der Waals surface area contributed by atoms with Crippen LogP contribution >= 0.6 is 11.3 Å². The minimum atomic E-state index is -3.79. The van der Waals surface area contributed by atoms with Crippen molar-refractivity contribution in [3.63, 3.8) is 0 Å². The first kappa shape index (κ1) is 24.1. The number of nitrogens with one attached hydrogen (secondary N) is 1. The molecular weight excluding hydrogens is 504 g/mol. The minimum absolute atomic E-state index is 0.196. The van der Waals surface area contributed by atoms with Gasteiger partial charge in [-0.15, -0.1) is 15.7 Å². The number of benzene rings is 2. The molecule has 8 nitrogen and oxygen atoms in total. The van der Waals surface area contributed by atoms with E-state index in [9.17, 15) is 16.8 Å². The Morgan fingerprint density at radius 2 is 1.69 bits per heavy atom. The van der Waals surface area contributed by atoms with Gasteiger partial charge in [-0.3, -0.25) is 9.80 Å². The van der Waals surface area contributed by atoms with Crippen molar-refractivity contribution in [1.29, 1.82) is 0 Å². The number of thiophene rings is 1. The van der Waals surface area contributed by atoms with Gasteiger partial charge in [0.1, 0.15) is 10.7 Å². The Kier molecular flexibility index (Phi) is 6.53. The lowest BCUT2D eigenvalue weighted by molar-refractivity contribution is 0.139. The maximum Gasteiger partial charge on any atom is 0.286 e. The summed E-state index contributed by atoms with van der Waals surface area (Å²) >= 11 is 1.56. The highest BCUT2D eigenvalue weighted by Crippen LogP contribution is 2.33. The van der Waals surface area contributed by atoms with Crippen LogP contribution in [0.3, 0.4) is 0 Å². The number of sulfone groups is 1. The molecule has 0 atom stereocenters. The zero-order valence-corrected chi connectivity index (χ0v) is 21.7. The molecule has 2 aromatic carbocycles. The number of nitrogens with zero attached hydrogens (tertiary/aromatic N) is 3. The van der Waals surface area contributed by atoms with Gasteiger partial charge in [0.05, 0.1) is 17.1 Å². The molecule has 2 aliphatic heterocycles. The maximum atomic E-state index is 12.9. The number of hydrogen-bond acceptors (Lipinski definition) is 8. The second-order valence-corrected chi connectivity index (χ2v) is 13.3. The van der Waals surface area contributed by atoms with E-state index in [-0.39, 0.29) is 4.90 Å². The molecule has 1 fully saturated rings. The molecular formula is C24H26N4O4S3. The van der Waals surface area contributed by atoms with Crippen molar-refractivity contribution in [3.8, 4) is 10.4 Å². The Balaban J connectivity index is 1.23. The standard InChI is InChI=1S/C24H26N4O4S3/c1-34(29,30)22-7-3-2-5-19(22)16-27-10-12-28(13-11-27)17-24-25-20-9-8-18(21-6-4-14-33-21)15-23(20)35(31,32)26-24/h2-9,14-15H,10-13,16-17H2,1H3,(H,25,26). The van der Waals surface area contributed by atoms with Gasteiger partial charge < -0.3 is 5.32 Å². The van der Waals surface area contributed by atoms with E-state index in [1.807, 2.05) is 35.7 Å². The Hall–Kier alpha value is -2.57. The Labute approximate surface area is 209 Å². The van der Waals surface area contributed by atoms with Crippen LogP contribution in [0, 0.1) is 0 Å². The van der Waals surface area contributed by atoms with Crippen LogP contribution in [0.1, 0.15) is 5.56 Å². The summed E-state index contributed by atoms with van der Waals surface area (Å²) in [5.41, 5.74) is 2.20. The molecule has 0 radical (unpaired) electrons. The summed E-state index contributed by atoms with van der Waals surface area (Å²) in [6, 6.07) is 16.4. The van der Waals surface area contributed by atoms with Crippen LogP contribution in [0.15, 0.2) is 74.2 Å². The predicted molar refractivity (Wildman–Crippen MR) is 139 cm³/mol. The zero-order chi connectivity index (χ0) is 24.6. The van der Waals surface area contributed by atoms with E-state index in [2.05, 4.69) is 19.5 Å². The van der Waals surface area contributed by atoms with E-state index in [4.69, 9.17) is 0 Å². The molecule has 11 heteroatoms. The SMILES string of the molecule is CS(=O)(=O)c1ccccc1CN1CCN(CC2=NS(=O)(=O)c3cc(-c4cccs4)ccc3N2)CC1. The van der Waals surface area contributed by atoms with Crippen molar-refractivity contribution in [1.82, 2.24) is 9.80 Å². The molecule has 0 unspecified atom stereocenters. The van der Waals surface area contributed by atoms with Crippen LogP contribution in [-0.4, -0.2) is 71.5 Å². The van der Waals surface area contributed by atoms with Crippen molar-refractivity contribution >= 4 is 42.7 Å². The quantitative estimate of drug-likeness (QED) is 0.523. The molecule has 3 aromatic rings. The van der Waals surface area contributed by atoms with Gasteiger partial charge in [0.15, 0.2) is 9.84 Å². The fraction of sp³-hybridized carbons (Fsp3) is 0.292. The van der Waals surface area contributed by atoms with Crippen LogP contribution in [0.2, 0.25) is 0 Å². The van der Waals surface area contributed by atoms with Gasteiger partial charge in [0.25, 0.3) is 10.0 Å². The molecule has 35 heavy (non-hydrogen) atoms. The van der Waals surface area contributed by atoms with Gasteiger partial charge in [0, 0.05) is 43.9 Å². The highest BCUT2D eigenvalue weighted by molar-refractivity contribution is 7.91. The molecule has 1 saturated heterocycles. The molecule has 2 aliphatic rings. The van der Waals surface area contributed by atoms with E-state index in [0.29, 0.717) is 29.5 Å². The van der Waals surface area contributed by atoms with Gasteiger partial charge in [-0.1, -0.05) is 30.3 Å². The smallest absolute Gasteiger partial charge is 0.286 e. The summed E-state index contributed by atoms with van der Waals surface area (Å²) in [5, 5.41) is 5.16. The Morgan fingerprint density at radius 1 is 0.971 bits per heavy atom. The first-order valence-corrected chi connectivity index (χ1v) is 15.4. The largest absolute Gasteiger partial charge is 0.341 e. The second-order valence-electron chi connectivity index (χ2n) is 8.76. The summed E-state index contributed by atoms with van der Waals surface area (Å²) in [4.78, 5) is 5.95. The summed E-state index contributed by atoms with van der Waals surface area (Å²) < 4.78 is 54.1. The van der Waals surface area contributed by atoms with Crippen molar-refractivity contribution < 1.29 is 16.8 Å². The molecule has 184 valence electrons. The summed E-state index contributed by atoms with van der Waals surface area (Å²) in [7, 11) is -7.07. The monoisotopic (exact) mass is 530 g/mol. The van der Waals surface area contributed by atoms with Crippen LogP contribution in [0.4, 0.5) is 5.69 Å². The summed E-state index contributed by atoms with van der Waals surface area (Å²) in [5.74, 6) is 0.414. The molecule has 0 bridgehead atoms. The summed E-state index contributed by atoms with van der Waals surface area (Å²) in [6.07, 6.45) is 1.23. The number of fused-ring (bicyclic) bond motifs is 1. The van der Waals surface area contributed by atoms with Crippen molar-refractivity contribution in [2.24, 2.45) is 4.40 Å². The van der Waals surface area contributed by atoms with Crippen LogP contribution in [0.25, 0.3) is 10.4 Å². The highest BCUT2D eigenvalue weighted by atomic mass is 32.2. The molecule has 1 N–H and O–H groups in total. The second kappa shape index (κ2) is 9.47. The first-order valence-electron chi connectivity index (χ1n) is 11.2. The summed E-state index contributed by atoms with van der Waals surface area (Å²) in [6.45, 7) is 3.92. The third-order valence-electron chi connectivity index (χ3n) is 6.18. The Morgan fingerprint density at radius 3 is 2.37 bits per heavy atom. The lowest BCUT2D eigenvalue weighted by atomic mass is 10.1. The van der Waals surface area contributed by atoms with E-state index in [1.165, 1.54) is 6.26 Å². The first-order chi connectivity index (χ1) is 16.7. The minimum Gasteiger partial charge on any atom is -0.341 e. The number of anilines is 1. The van der Waals surface area contributed by atoms with E-state index >= 15 is 0 Å². The molecule has 3 heterocycles. The van der Waals surface area contributed by atoms with E-state index in [0.717, 1.165) is 42.2 Å². The molecule has 0 amide bonds. The fourth-order valence-electron chi connectivity index (χ4n) is 4.43. The number of rotatable bonds is 6. The number of amidine groups is 1. The maximum absolute atomic E-state index is 12.9. The number of piperazine rings is 1. The van der Waals surface area contributed by atoms with Gasteiger partial charge in [-0.2, -0.15) is 8.42 Å². The lowest BCUT2D eigenvalue weighted by Crippen LogP contribution is -2.48. The van der Waals surface area contributed by atoms with Crippen LogP contribution in [-0.2, 0) is 26.4 Å². The van der Waals surface area contributed by atoms with Gasteiger partial charge in [-0.05, 0) is 40.8 Å². The van der Waals surface area contributed by atoms with E-state index in [1.54, 1.807) is 35.6 Å². The average molecular weight is 531 g/mol. The topological polar surface area (TPSA) is 99.2 Å².